The second-order valence-corrected chi connectivity index (χ2v) is 9.24. The fourth-order valence-corrected chi connectivity index (χ4v) is 4.62. The van der Waals surface area contributed by atoms with Crippen molar-refractivity contribution in [2.75, 3.05) is 43.5 Å². The van der Waals surface area contributed by atoms with Crippen LogP contribution in [0.3, 0.4) is 0 Å². The second kappa shape index (κ2) is 10.5. The average Bonchev–Trinajstić information content (AvgIpc) is 3.37. The number of methoxy groups -OCH3 is 1. The topological polar surface area (TPSA) is 123 Å². The van der Waals surface area contributed by atoms with Crippen LogP contribution in [0, 0.1) is 0 Å². The molecule has 1 aliphatic heterocycles. The molecule has 2 aromatic carbocycles. The van der Waals surface area contributed by atoms with Crippen LogP contribution in [0.1, 0.15) is 0 Å². The molecule has 4 heterocycles. The zero-order valence-corrected chi connectivity index (χ0v) is 22.1. The number of nitrogens with zero attached hydrogens (tertiary/aromatic N) is 8. The maximum Gasteiger partial charge on any atom is 0.246 e. The van der Waals surface area contributed by atoms with E-state index in [-0.39, 0.29) is 5.91 Å². The van der Waals surface area contributed by atoms with Gasteiger partial charge in [0.05, 0.1) is 30.7 Å². The Morgan fingerprint density at radius 2 is 1.85 bits per heavy atom. The van der Waals surface area contributed by atoms with Crippen LogP contribution in [0.2, 0.25) is 0 Å². The van der Waals surface area contributed by atoms with Crippen molar-refractivity contribution in [1.29, 1.82) is 0 Å². The molecule has 0 bridgehead atoms. The number of ether oxygens (including phenoxy) is 2. The molecule has 1 amide bonds. The van der Waals surface area contributed by atoms with Gasteiger partial charge < -0.3 is 29.2 Å². The van der Waals surface area contributed by atoms with E-state index in [4.69, 9.17) is 14.5 Å². The van der Waals surface area contributed by atoms with Crippen LogP contribution < -0.4 is 19.7 Å². The van der Waals surface area contributed by atoms with Gasteiger partial charge in [-0.1, -0.05) is 6.58 Å². The molecule has 0 atom stereocenters. The number of carbonyl (C=O) groups excluding carboxylic acids is 1. The fourth-order valence-electron chi connectivity index (χ4n) is 4.62. The van der Waals surface area contributed by atoms with E-state index in [1.165, 1.54) is 12.4 Å². The van der Waals surface area contributed by atoms with Crippen molar-refractivity contribution in [1.82, 2.24) is 34.4 Å². The van der Waals surface area contributed by atoms with E-state index in [0.717, 1.165) is 16.7 Å². The Morgan fingerprint density at radius 1 is 1.00 bits per heavy atom. The molecule has 1 N–H and O–H groups in total. The van der Waals surface area contributed by atoms with Crippen molar-refractivity contribution < 1.29 is 14.3 Å². The first-order valence-corrected chi connectivity index (χ1v) is 12.7. The molecule has 1 fully saturated rings. The van der Waals surface area contributed by atoms with Gasteiger partial charge in [-0.25, -0.2) is 24.9 Å². The van der Waals surface area contributed by atoms with Crippen LogP contribution >= 0.6 is 0 Å². The van der Waals surface area contributed by atoms with Crippen LogP contribution in [0.4, 0.5) is 17.5 Å². The molecule has 3 aromatic heterocycles. The number of fused-ring (bicyclic) bond motifs is 2. The number of rotatable bonds is 7. The fraction of sp³-hybridized carbons (Fsp3) is 0.214. The van der Waals surface area contributed by atoms with Gasteiger partial charge in [-0.15, -0.1) is 0 Å². The number of benzene rings is 2. The number of carbonyl (C=O) groups is 1. The predicted octanol–water partition coefficient (Wildman–Crippen LogP) is 3.69. The van der Waals surface area contributed by atoms with Crippen molar-refractivity contribution in [2.45, 2.75) is 0 Å². The Balaban J connectivity index is 1.23. The molecule has 40 heavy (non-hydrogen) atoms. The molecule has 6 rings (SSSR count). The van der Waals surface area contributed by atoms with E-state index in [1.807, 2.05) is 52.9 Å². The Kier molecular flexibility index (Phi) is 6.56. The smallest absolute Gasteiger partial charge is 0.246 e. The van der Waals surface area contributed by atoms with Crippen LogP contribution in [0.5, 0.6) is 17.2 Å². The molecule has 0 saturated carbocycles. The number of hydrogen-bond donors (Lipinski definition) is 1. The van der Waals surface area contributed by atoms with Crippen molar-refractivity contribution in [3.8, 4) is 17.2 Å². The standard InChI is InChI=1S/C28H27N9O3/c1-4-25(38)36-9-11-37(12-10-36)28-29-15-21-26(34-28)27(31-16-30-21)33-18-5-8-23(24(13-18)39-3)40-19-6-7-22-20(14-19)32-17-35(22)2/h4-8,13-17H,1,9-12H2,2-3H3,(H,30,31,33). The van der Waals surface area contributed by atoms with Gasteiger partial charge in [-0.3, -0.25) is 4.79 Å². The first-order chi connectivity index (χ1) is 19.5. The van der Waals surface area contributed by atoms with Crippen LogP contribution in [0.25, 0.3) is 22.1 Å². The monoisotopic (exact) mass is 537 g/mol. The molecular weight excluding hydrogens is 510 g/mol. The summed E-state index contributed by atoms with van der Waals surface area (Å²) in [6.45, 7) is 5.96. The minimum atomic E-state index is -0.0694. The number of hydrogen-bond acceptors (Lipinski definition) is 10. The van der Waals surface area contributed by atoms with Gasteiger partial charge in [0.25, 0.3) is 0 Å². The molecule has 0 spiro atoms. The lowest BCUT2D eigenvalue weighted by Gasteiger charge is -2.34. The Labute approximate surface area is 229 Å². The molecular formula is C28H27N9O3. The summed E-state index contributed by atoms with van der Waals surface area (Å²) in [4.78, 5) is 38.1. The third kappa shape index (κ3) is 4.82. The molecule has 12 heteroatoms. The van der Waals surface area contributed by atoms with E-state index in [0.29, 0.717) is 66.2 Å². The number of imidazole rings is 1. The number of nitrogens with one attached hydrogen (secondary N) is 1. The molecule has 1 saturated heterocycles. The van der Waals surface area contributed by atoms with Gasteiger partial charge in [-0.05, 0) is 30.3 Å². The summed E-state index contributed by atoms with van der Waals surface area (Å²) in [6.07, 6.45) is 6.26. The summed E-state index contributed by atoms with van der Waals surface area (Å²) in [5, 5.41) is 3.33. The van der Waals surface area contributed by atoms with Gasteiger partial charge in [0.1, 0.15) is 23.1 Å². The molecule has 0 radical (unpaired) electrons. The molecule has 1 aliphatic rings. The second-order valence-electron chi connectivity index (χ2n) is 9.24. The largest absolute Gasteiger partial charge is 0.493 e. The summed E-state index contributed by atoms with van der Waals surface area (Å²) in [5.74, 6) is 2.79. The van der Waals surface area contributed by atoms with E-state index < -0.39 is 0 Å². The van der Waals surface area contributed by atoms with Crippen molar-refractivity contribution in [3.05, 3.63) is 67.9 Å². The van der Waals surface area contributed by atoms with Gasteiger partial charge in [-0.2, -0.15) is 0 Å². The van der Waals surface area contributed by atoms with Crippen LogP contribution in [0.15, 0.2) is 67.9 Å². The summed E-state index contributed by atoms with van der Waals surface area (Å²) in [5.41, 5.74) is 3.80. The highest BCUT2D eigenvalue weighted by Crippen LogP contribution is 2.36. The lowest BCUT2D eigenvalue weighted by molar-refractivity contribution is -0.126. The first kappa shape index (κ1) is 25.0. The maximum atomic E-state index is 11.9. The highest BCUT2D eigenvalue weighted by atomic mass is 16.5. The third-order valence-corrected chi connectivity index (χ3v) is 6.76. The highest BCUT2D eigenvalue weighted by molar-refractivity contribution is 5.88. The molecule has 0 aliphatic carbocycles. The van der Waals surface area contributed by atoms with E-state index in [9.17, 15) is 4.79 Å². The Morgan fingerprint density at radius 3 is 2.65 bits per heavy atom. The van der Waals surface area contributed by atoms with Crippen LogP contribution in [-0.4, -0.2) is 73.6 Å². The first-order valence-electron chi connectivity index (χ1n) is 12.7. The lowest BCUT2D eigenvalue weighted by atomic mass is 10.2. The minimum absolute atomic E-state index is 0.0694. The normalized spacial score (nSPS) is 13.4. The number of amides is 1. The Hall–Kier alpha value is -5.26. The van der Waals surface area contributed by atoms with Gasteiger partial charge in [0.2, 0.25) is 11.9 Å². The summed E-state index contributed by atoms with van der Waals surface area (Å²) >= 11 is 0. The summed E-state index contributed by atoms with van der Waals surface area (Å²) in [6, 6.07) is 11.3. The van der Waals surface area contributed by atoms with Crippen molar-refractivity contribution in [3.63, 3.8) is 0 Å². The zero-order chi connectivity index (χ0) is 27.6. The predicted molar refractivity (Wildman–Crippen MR) is 151 cm³/mol. The Bertz CT molecular complexity index is 1730. The van der Waals surface area contributed by atoms with E-state index >= 15 is 0 Å². The molecule has 0 unspecified atom stereocenters. The lowest BCUT2D eigenvalue weighted by Crippen LogP contribution is -2.48. The van der Waals surface area contributed by atoms with E-state index in [1.54, 1.807) is 24.5 Å². The van der Waals surface area contributed by atoms with Crippen molar-refractivity contribution >= 4 is 45.4 Å². The SMILES string of the molecule is C=CC(=O)N1CCN(c2ncc3ncnc(Nc4ccc(Oc5ccc6c(c5)ncn6C)c(OC)c4)c3n2)CC1. The molecule has 5 aromatic rings. The number of piperazine rings is 1. The molecule has 202 valence electrons. The van der Waals surface area contributed by atoms with Gasteiger partial charge in [0.15, 0.2) is 17.3 Å². The van der Waals surface area contributed by atoms with Crippen molar-refractivity contribution in [2.24, 2.45) is 7.05 Å². The van der Waals surface area contributed by atoms with Gasteiger partial charge >= 0.3 is 0 Å². The zero-order valence-electron chi connectivity index (χ0n) is 22.1. The van der Waals surface area contributed by atoms with Crippen LogP contribution in [-0.2, 0) is 11.8 Å². The summed E-state index contributed by atoms with van der Waals surface area (Å²) in [7, 11) is 3.54. The van der Waals surface area contributed by atoms with E-state index in [2.05, 4.69) is 31.8 Å². The maximum absolute atomic E-state index is 11.9. The number of aromatic nitrogens is 6. The average molecular weight is 538 g/mol. The minimum Gasteiger partial charge on any atom is -0.493 e. The van der Waals surface area contributed by atoms with Gasteiger partial charge in [0, 0.05) is 51.0 Å². The number of anilines is 3. The third-order valence-electron chi connectivity index (χ3n) is 6.76. The quantitative estimate of drug-likeness (QED) is 0.308. The number of aryl methyl sites for hydroxylation is 1. The summed E-state index contributed by atoms with van der Waals surface area (Å²) < 4.78 is 13.7. The highest BCUT2D eigenvalue weighted by Gasteiger charge is 2.22. The molecule has 12 nitrogen and oxygen atoms in total.